The van der Waals surface area contributed by atoms with Gasteiger partial charge in [-0.05, 0) is 19.8 Å². The summed E-state index contributed by atoms with van der Waals surface area (Å²) in [5, 5.41) is 2.28. The average molecular weight is 270 g/mol. The molecule has 0 bridgehead atoms. The van der Waals surface area contributed by atoms with Gasteiger partial charge < -0.3 is 15.8 Å². The van der Waals surface area contributed by atoms with Crippen molar-refractivity contribution in [1.29, 1.82) is 0 Å². The van der Waals surface area contributed by atoms with E-state index in [1.807, 2.05) is 0 Å². The molecule has 0 aliphatic rings. The second-order valence-corrected chi connectivity index (χ2v) is 3.59. The first-order valence-corrected chi connectivity index (χ1v) is 5.54. The molecule has 1 atom stereocenters. The number of carbonyl (C=O) groups is 2. The standard InChI is InChI=1S/C10H17F3N2O3/c1-2-18-9(17)7(14)8(16)15-6-4-3-5-10(11,12)13/h7H,2-6,14H2,1H3,(H,15,16). The van der Waals surface area contributed by atoms with Gasteiger partial charge in [-0.1, -0.05) is 0 Å². The first-order valence-electron chi connectivity index (χ1n) is 5.54. The Morgan fingerprint density at radius 2 is 1.94 bits per heavy atom. The molecule has 8 heteroatoms. The molecule has 0 aromatic carbocycles. The van der Waals surface area contributed by atoms with Crippen molar-refractivity contribution in [2.45, 2.75) is 38.4 Å². The molecule has 3 N–H and O–H groups in total. The zero-order valence-electron chi connectivity index (χ0n) is 10.0. The third-order valence-corrected chi connectivity index (χ3v) is 2.01. The van der Waals surface area contributed by atoms with Gasteiger partial charge >= 0.3 is 12.1 Å². The largest absolute Gasteiger partial charge is 0.464 e. The molecule has 106 valence electrons. The van der Waals surface area contributed by atoms with Crippen LogP contribution >= 0.6 is 0 Å². The van der Waals surface area contributed by atoms with Gasteiger partial charge in [0.1, 0.15) is 0 Å². The lowest BCUT2D eigenvalue weighted by atomic mass is 10.2. The van der Waals surface area contributed by atoms with Crippen LogP contribution in [0.25, 0.3) is 0 Å². The maximum Gasteiger partial charge on any atom is 0.389 e. The van der Waals surface area contributed by atoms with Gasteiger partial charge in [-0.2, -0.15) is 13.2 Å². The van der Waals surface area contributed by atoms with E-state index in [4.69, 9.17) is 5.73 Å². The summed E-state index contributed by atoms with van der Waals surface area (Å²) >= 11 is 0. The molecule has 0 fully saturated rings. The first-order chi connectivity index (χ1) is 8.28. The molecule has 0 spiro atoms. The van der Waals surface area contributed by atoms with E-state index in [-0.39, 0.29) is 26.0 Å². The van der Waals surface area contributed by atoms with Crippen LogP contribution in [0.5, 0.6) is 0 Å². The van der Waals surface area contributed by atoms with Gasteiger partial charge in [-0.15, -0.1) is 0 Å². The summed E-state index contributed by atoms with van der Waals surface area (Å²) in [6.07, 6.45) is -5.00. The highest BCUT2D eigenvalue weighted by molar-refractivity contribution is 6.01. The van der Waals surface area contributed by atoms with E-state index in [1.54, 1.807) is 6.92 Å². The Kier molecular flexibility index (Phi) is 7.33. The van der Waals surface area contributed by atoms with Crippen LogP contribution in [0.4, 0.5) is 13.2 Å². The van der Waals surface area contributed by atoms with Crippen LogP contribution in [0.3, 0.4) is 0 Å². The SMILES string of the molecule is CCOC(=O)C(N)C(=O)NCCCCC(F)(F)F. The number of esters is 1. The highest BCUT2D eigenvalue weighted by atomic mass is 19.4. The highest BCUT2D eigenvalue weighted by Crippen LogP contribution is 2.21. The summed E-state index contributed by atoms with van der Waals surface area (Å²) in [6.45, 7) is 1.72. The van der Waals surface area contributed by atoms with E-state index in [2.05, 4.69) is 10.1 Å². The zero-order chi connectivity index (χ0) is 14.2. The van der Waals surface area contributed by atoms with Crippen LogP contribution in [0.1, 0.15) is 26.2 Å². The molecule has 0 saturated heterocycles. The lowest BCUT2D eigenvalue weighted by Crippen LogP contribution is -2.47. The van der Waals surface area contributed by atoms with E-state index in [9.17, 15) is 22.8 Å². The van der Waals surface area contributed by atoms with Gasteiger partial charge in [0.25, 0.3) is 0 Å². The first kappa shape index (κ1) is 16.7. The molecule has 0 radical (unpaired) electrons. The molecule has 0 aliphatic heterocycles. The summed E-state index contributed by atoms with van der Waals surface area (Å²) < 4.78 is 39.9. The Balaban J connectivity index is 3.74. The normalized spacial score (nSPS) is 12.9. The Labute approximate surface area is 103 Å². The van der Waals surface area contributed by atoms with E-state index < -0.39 is 30.5 Å². The Morgan fingerprint density at radius 1 is 1.33 bits per heavy atom. The number of nitrogens with one attached hydrogen (secondary N) is 1. The van der Waals surface area contributed by atoms with Gasteiger partial charge in [0.2, 0.25) is 5.91 Å². The number of hydrogen-bond acceptors (Lipinski definition) is 4. The number of carbonyl (C=O) groups excluding carboxylic acids is 2. The van der Waals surface area contributed by atoms with Gasteiger partial charge in [0.05, 0.1) is 6.61 Å². The van der Waals surface area contributed by atoms with Crippen molar-refractivity contribution in [3.63, 3.8) is 0 Å². The number of nitrogens with two attached hydrogens (primary N) is 1. The van der Waals surface area contributed by atoms with Crippen molar-refractivity contribution in [1.82, 2.24) is 5.32 Å². The van der Waals surface area contributed by atoms with Crippen molar-refractivity contribution in [3.05, 3.63) is 0 Å². The lowest BCUT2D eigenvalue weighted by molar-refractivity contribution is -0.147. The van der Waals surface area contributed by atoms with E-state index >= 15 is 0 Å². The van der Waals surface area contributed by atoms with E-state index in [0.717, 1.165) is 0 Å². The maximum absolute atomic E-state index is 11.8. The number of alkyl halides is 3. The van der Waals surface area contributed by atoms with Crippen LogP contribution < -0.4 is 11.1 Å². The Morgan fingerprint density at radius 3 is 2.44 bits per heavy atom. The third-order valence-electron chi connectivity index (χ3n) is 2.01. The van der Waals surface area contributed by atoms with Crippen LogP contribution in [-0.4, -0.2) is 37.2 Å². The molecular weight excluding hydrogens is 253 g/mol. The third kappa shape index (κ3) is 7.88. The number of unbranched alkanes of at least 4 members (excludes halogenated alkanes) is 1. The zero-order valence-corrected chi connectivity index (χ0v) is 10.0. The molecule has 0 heterocycles. The summed E-state index contributed by atoms with van der Waals surface area (Å²) in [7, 11) is 0. The maximum atomic E-state index is 11.8. The molecule has 1 unspecified atom stereocenters. The topological polar surface area (TPSA) is 81.4 Å². The van der Waals surface area contributed by atoms with Crippen LogP contribution in [-0.2, 0) is 14.3 Å². The van der Waals surface area contributed by atoms with E-state index in [0.29, 0.717) is 0 Å². The fourth-order valence-corrected chi connectivity index (χ4v) is 1.11. The van der Waals surface area contributed by atoms with Gasteiger partial charge in [-0.25, -0.2) is 4.79 Å². The van der Waals surface area contributed by atoms with Crippen molar-refractivity contribution in [3.8, 4) is 0 Å². The second kappa shape index (κ2) is 7.91. The average Bonchev–Trinajstić information content (AvgIpc) is 2.26. The summed E-state index contributed by atoms with van der Waals surface area (Å²) in [5.41, 5.74) is 5.26. The second-order valence-electron chi connectivity index (χ2n) is 3.59. The summed E-state index contributed by atoms with van der Waals surface area (Å²) in [5.74, 6) is -1.61. The predicted molar refractivity (Wildman–Crippen MR) is 57.5 cm³/mol. The van der Waals surface area contributed by atoms with Crippen LogP contribution in [0, 0.1) is 0 Å². The Bertz CT molecular complexity index is 282. The highest BCUT2D eigenvalue weighted by Gasteiger charge is 2.26. The quantitative estimate of drug-likeness (QED) is 0.406. The van der Waals surface area contributed by atoms with Gasteiger partial charge in [-0.3, -0.25) is 4.79 Å². The predicted octanol–water partition coefficient (Wildman–Crippen LogP) is 0.726. The van der Waals surface area contributed by atoms with Crippen LogP contribution in [0.15, 0.2) is 0 Å². The molecule has 18 heavy (non-hydrogen) atoms. The van der Waals surface area contributed by atoms with Crippen molar-refractivity contribution >= 4 is 11.9 Å². The molecular formula is C10H17F3N2O3. The molecule has 5 nitrogen and oxygen atoms in total. The van der Waals surface area contributed by atoms with Crippen LogP contribution in [0.2, 0.25) is 0 Å². The minimum Gasteiger partial charge on any atom is -0.464 e. The van der Waals surface area contributed by atoms with Crippen molar-refractivity contribution in [2.75, 3.05) is 13.2 Å². The summed E-state index contributed by atoms with van der Waals surface area (Å²) in [4.78, 5) is 22.3. The monoisotopic (exact) mass is 270 g/mol. The van der Waals surface area contributed by atoms with E-state index in [1.165, 1.54) is 0 Å². The fourth-order valence-electron chi connectivity index (χ4n) is 1.11. The minimum absolute atomic E-state index is 0.0437. The molecule has 0 rings (SSSR count). The smallest absolute Gasteiger partial charge is 0.389 e. The van der Waals surface area contributed by atoms with Gasteiger partial charge in [0, 0.05) is 13.0 Å². The number of hydrogen-bond donors (Lipinski definition) is 2. The molecule has 0 aliphatic carbocycles. The number of amides is 1. The van der Waals surface area contributed by atoms with Crippen molar-refractivity contribution in [2.24, 2.45) is 5.73 Å². The number of ether oxygens (including phenoxy) is 1. The fraction of sp³-hybridized carbons (Fsp3) is 0.800. The minimum atomic E-state index is -4.19. The summed E-state index contributed by atoms with van der Waals surface area (Å²) in [6, 6.07) is -1.44. The molecule has 0 saturated carbocycles. The molecule has 1 amide bonds. The van der Waals surface area contributed by atoms with Gasteiger partial charge in [0.15, 0.2) is 6.04 Å². The molecule has 0 aromatic heterocycles. The number of halogens is 3. The Hall–Kier alpha value is -1.31. The van der Waals surface area contributed by atoms with Crippen molar-refractivity contribution < 1.29 is 27.5 Å². The number of rotatable bonds is 7. The lowest BCUT2D eigenvalue weighted by Gasteiger charge is -2.11. The molecule has 0 aromatic rings.